The zero-order valence-electron chi connectivity index (χ0n) is 20.0. The van der Waals surface area contributed by atoms with Crippen LogP contribution in [0.1, 0.15) is 27.7 Å². The third kappa shape index (κ3) is 5.09. The number of carbonyl (C=O) groups is 4. The van der Waals surface area contributed by atoms with Crippen molar-refractivity contribution in [3.05, 3.63) is 48.6 Å². The molecule has 0 aromatic heterocycles. The third-order valence-electron chi connectivity index (χ3n) is 4.63. The van der Waals surface area contributed by atoms with Crippen molar-refractivity contribution >= 4 is 23.9 Å². The van der Waals surface area contributed by atoms with E-state index >= 15 is 0 Å². The van der Waals surface area contributed by atoms with Gasteiger partial charge in [0, 0.05) is 22.3 Å². The van der Waals surface area contributed by atoms with E-state index in [1.165, 1.54) is 0 Å². The van der Waals surface area contributed by atoms with Crippen LogP contribution in [0.15, 0.2) is 48.6 Å². The molecular weight excluding hydrogens is 488 g/mol. The molecule has 1 aliphatic heterocycles. The van der Waals surface area contributed by atoms with Crippen LogP contribution in [-0.4, -0.2) is 85.5 Å². The van der Waals surface area contributed by atoms with E-state index in [4.69, 9.17) is 14.2 Å². The van der Waals surface area contributed by atoms with Gasteiger partial charge in [0.05, 0.1) is 6.61 Å². The molecule has 14 heteroatoms. The summed E-state index contributed by atoms with van der Waals surface area (Å²) < 4.78 is 23.7. The first-order valence-corrected chi connectivity index (χ1v) is 9.96. The Labute approximate surface area is 205 Å². The first-order valence-electron chi connectivity index (χ1n) is 9.96. The number of carbonyl (C=O) groups excluding carboxylic acids is 4. The molecule has 1 fully saturated rings. The SMILES string of the molecule is C=C(C)C(=O)O[C@@]1(O)O[C@H](CO)[C@@](O)(OC(=O)C(=C)C)[C@@](O)(OC(=O)C(=C)C)[C@@]1(O)OC(=O)C(=C)C. The summed E-state index contributed by atoms with van der Waals surface area (Å²) in [5.74, 6) is -22.9. The van der Waals surface area contributed by atoms with E-state index in [0.717, 1.165) is 27.7 Å². The molecule has 1 rings (SSSR count). The number of ether oxygens (including phenoxy) is 5. The van der Waals surface area contributed by atoms with E-state index in [2.05, 4.69) is 35.8 Å². The van der Waals surface area contributed by atoms with Gasteiger partial charge in [0.2, 0.25) is 0 Å². The minimum atomic E-state index is -4.35. The highest BCUT2D eigenvalue weighted by atomic mass is 16.9. The molecule has 0 bridgehead atoms. The predicted molar refractivity (Wildman–Crippen MR) is 115 cm³/mol. The number of aliphatic hydroxyl groups is 5. The van der Waals surface area contributed by atoms with Gasteiger partial charge < -0.3 is 44.5 Å². The van der Waals surface area contributed by atoms with E-state index in [-0.39, 0.29) is 0 Å². The molecule has 200 valence electrons. The lowest BCUT2D eigenvalue weighted by Crippen LogP contribution is -2.87. The van der Waals surface area contributed by atoms with E-state index in [1.54, 1.807) is 0 Å². The quantitative estimate of drug-likeness (QED) is 0.103. The lowest BCUT2D eigenvalue weighted by molar-refractivity contribution is -0.592. The number of hydrogen-bond acceptors (Lipinski definition) is 14. The van der Waals surface area contributed by atoms with Gasteiger partial charge in [0.25, 0.3) is 0 Å². The fraction of sp³-hybridized carbons (Fsp3) is 0.455. The summed E-state index contributed by atoms with van der Waals surface area (Å²) in [5.41, 5.74) is -1.86. The normalized spacial score (nSPS) is 31.4. The van der Waals surface area contributed by atoms with Gasteiger partial charge in [-0.05, 0) is 27.7 Å². The van der Waals surface area contributed by atoms with Gasteiger partial charge in [0.15, 0.2) is 6.10 Å². The second kappa shape index (κ2) is 10.3. The van der Waals surface area contributed by atoms with Crippen molar-refractivity contribution in [1.82, 2.24) is 0 Å². The fourth-order valence-electron chi connectivity index (χ4n) is 2.58. The third-order valence-corrected chi connectivity index (χ3v) is 4.63. The van der Waals surface area contributed by atoms with Gasteiger partial charge >= 0.3 is 47.2 Å². The maximum Gasteiger partial charge on any atom is 0.405 e. The zero-order chi connectivity index (χ0) is 28.4. The van der Waals surface area contributed by atoms with Gasteiger partial charge in [-0.3, -0.25) is 4.74 Å². The van der Waals surface area contributed by atoms with Crippen molar-refractivity contribution in [1.29, 1.82) is 0 Å². The molecule has 14 nitrogen and oxygen atoms in total. The van der Waals surface area contributed by atoms with Gasteiger partial charge in [-0.25, -0.2) is 19.2 Å². The maximum atomic E-state index is 12.4. The van der Waals surface area contributed by atoms with Crippen molar-refractivity contribution in [3.8, 4) is 0 Å². The molecule has 0 spiro atoms. The largest absolute Gasteiger partial charge is 0.419 e. The van der Waals surface area contributed by atoms with Crippen LogP contribution >= 0.6 is 0 Å². The van der Waals surface area contributed by atoms with Gasteiger partial charge in [-0.2, -0.15) is 0 Å². The number of esters is 4. The van der Waals surface area contributed by atoms with Gasteiger partial charge in [0.1, 0.15) is 0 Å². The average Bonchev–Trinajstić information content (AvgIpc) is 2.75. The topological polar surface area (TPSA) is 216 Å². The van der Waals surface area contributed by atoms with Crippen LogP contribution < -0.4 is 0 Å². The van der Waals surface area contributed by atoms with Crippen LogP contribution in [-0.2, 0) is 42.9 Å². The Morgan fingerprint density at radius 1 is 0.667 bits per heavy atom. The highest BCUT2D eigenvalue weighted by Gasteiger charge is 2.87. The minimum absolute atomic E-state index is 0.425. The standard InChI is InChI=1S/C22H28O14/c1-10(2)15(24)33-19(28)14(9-23)32-22(31,36-18(27)13(7)8)21(30,35-17(26)12(5)6)20(19,29)34-16(25)11(3)4/h14,23,28-31H,1,3,5,7,9H2,2,4,6,8H3/t14-,19-,20-,21-,22+/m1/s1. The van der Waals surface area contributed by atoms with Crippen LogP contribution in [0.3, 0.4) is 0 Å². The molecule has 1 aliphatic rings. The number of rotatable bonds is 9. The number of hydrogen-bond donors (Lipinski definition) is 5. The van der Waals surface area contributed by atoms with Crippen molar-refractivity contribution in [2.24, 2.45) is 0 Å². The van der Waals surface area contributed by atoms with Crippen molar-refractivity contribution in [3.63, 3.8) is 0 Å². The Kier molecular flexibility index (Phi) is 8.76. The van der Waals surface area contributed by atoms with Crippen LogP contribution in [0.5, 0.6) is 0 Å². The number of aliphatic hydroxyl groups excluding tert-OH is 1. The smallest absolute Gasteiger partial charge is 0.405 e. The molecule has 0 aliphatic carbocycles. The monoisotopic (exact) mass is 516 g/mol. The van der Waals surface area contributed by atoms with Gasteiger partial charge in [-0.15, -0.1) is 0 Å². The summed E-state index contributed by atoms with van der Waals surface area (Å²) in [6, 6.07) is 0. The molecular formula is C22H28O14. The molecule has 36 heavy (non-hydrogen) atoms. The van der Waals surface area contributed by atoms with Crippen LogP contribution in [0, 0.1) is 0 Å². The second-order valence-electron chi connectivity index (χ2n) is 8.03. The maximum absolute atomic E-state index is 12.4. The van der Waals surface area contributed by atoms with E-state index in [0.29, 0.717) is 0 Å². The van der Waals surface area contributed by atoms with Crippen molar-refractivity contribution < 1.29 is 68.4 Å². The van der Waals surface area contributed by atoms with Crippen molar-refractivity contribution in [2.75, 3.05) is 6.61 Å². The van der Waals surface area contributed by atoms with Crippen molar-refractivity contribution in [2.45, 2.75) is 57.1 Å². The van der Waals surface area contributed by atoms with E-state index in [9.17, 15) is 44.7 Å². The first kappa shape index (κ1) is 30.6. The minimum Gasteiger partial charge on any atom is -0.419 e. The van der Waals surface area contributed by atoms with E-state index < -0.39 is 82.2 Å². The molecule has 1 heterocycles. The predicted octanol–water partition coefficient (Wildman–Crippen LogP) is -1.43. The molecule has 0 amide bonds. The average molecular weight is 516 g/mol. The van der Waals surface area contributed by atoms with Crippen LogP contribution in [0.2, 0.25) is 0 Å². The fourth-order valence-corrected chi connectivity index (χ4v) is 2.58. The summed E-state index contributed by atoms with van der Waals surface area (Å²) in [7, 11) is 0. The molecule has 5 atom stereocenters. The summed E-state index contributed by atoms with van der Waals surface area (Å²) >= 11 is 0. The molecule has 0 aromatic rings. The van der Waals surface area contributed by atoms with Crippen LogP contribution in [0.4, 0.5) is 0 Å². The molecule has 0 aromatic carbocycles. The second-order valence-corrected chi connectivity index (χ2v) is 8.03. The summed E-state index contributed by atoms with van der Waals surface area (Å²) in [6.07, 6.45) is -2.56. The summed E-state index contributed by atoms with van der Waals surface area (Å²) in [6.45, 7) is 15.7. The molecule has 0 radical (unpaired) electrons. The lowest BCUT2D eigenvalue weighted by Gasteiger charge is -2.57. The Bertz CT molecular complexity index is 1030. The Morgan fingerprint density at radius 3 is 1.36 bits per heavy atom. The summed E-state index contributed by atoms with van der Waals surface area (Å²) in [4.78, 5) is 49.4. The molecule has 0 saturated carbocycles. The van der Waals surface area contributed by atoms with Gasteiger partial charge in [-0.1, -0.05) is 26.3 Å². The Morgan fingerprint density at radius 2 is 1.00 bits per heavy atom. The van der Waals surface area contributed by atoms with E-state index in [1.807, 2.05) is 0 Å². The molecule has 1 saturated heterocycles. The zero-order valence-corrected chi connectivity index (χ0v) is 20.0. The Balaban J connectivity index is 4.12. The summed E-state index contributed by atoms with van der Waals surface area (Å²) in [5, 5.41) is 55.1. The molecule has 0 unspecified atom stereocenters. The molecule has 5 N–H and O–H groups in total. The van der Waals surface area contributed by atoms with Crippen LogP contribution in [0.25, 0.3) is 0 Å². The Hall–Kier alpha value is -3.40. The first-order chi connectivity index (χ1) is 16.2. The highest BCUT2D eigenvalue weighted by molar-refractivity contribution is 5.90. The highest BCUT2D eigenvalue weighted by Crippen LogP contribution is 2.52. The lowest BCUT2D eigenvalue weighted by atomic mass is 9.85.